The van der Waals surface area contributed by atoms with Gasteiger partial charge in [0.05, 0.1) is 19.3 Å². The van der Waals surface area contributed by atoms with Gasteiger partial charge in [-0.1, -0.05) is 26.3 Å². The predicted molar refractivity (Wildman–Crippen MR) is 77.3 cm³/mol. The first kappa shape index (κ1) is 15.1. The van der Waals surface area contributed by atoms with Gasteiger partial charge < -0.3 is 18.9 Å². The molecule has 1 aliphatic heterocycles. The van der Waals surface area contributed by atoms with E-state index in [2.05, 4.69) is 13.8 Å². The molecule has 0 saturated heterocycles. The predicted octanol–water partition coefficient (Wildman–Crippen LogP) is 3.70. The van der Waals surface area contributed by atoms with Gasteiger partial charge in [-0.15, -0.1) is 0 Å². The van der Waals surface area contributed by atoms with E-state index in [0.29, 0.717) is 20.0 Å². The lowest BCUT2D eigenvalue weighted by Gasteiger charge is -2.17. The highest BCUT2D eigenvalue weighted by Crippen LogP contribution is 2.35. The van der Waals surface area contributed by atoms with Crippen LogP contribution in [0.3, 0.4) is 0 Å². The second-order valence-corrected chi connectivity index (χ2v) is 4.85. The number of unbranched alkanes of at least 4 members (excludes halogenated alkanes) is 1. The molecule has 0 N–H and O–H groups in total. The Morgan fingerprint density at radius 1 is 1.10 bits per heavy atom. The maximum absolute atomic E-state index is 5.90. The monoisotopic (exact) mass is 280 g/mol. The molecule has 1 aliphatic rings. The van der Waals surface area contributed by atoms with E-state index in [0.717, 1.165) is 42.9 Å². The number of fused-ring (bicyclic) bond motifs is 1. The summed E-state index contributed by atoms with van der Waals surface area (Å²) in [4.78, 5) is 0. The van der Waals surface area contributed by atoms with Crippen molar-refractivity contribution in [2.24, 2.45) is 0 Å². The highest BCUT2D eigenvalue weighted by atomic mass is 16.7. The fraction of sp³-hybridized carbons (Fsp3) is 0.625. The lowest BCUT2D eigenvalue weighted by Crippen LogP contribution is -2.10. The standard InChI is InChI=1S/C16H24O4/c1-3-5-8-17-9-10-18-14(4-2)13-6-7-15-16(11-13)20-12-19-15/h6-7,11,14H,3-5,8-10,12H2,1-2H3. The van der Waals surface area contributed by atoms with Crippen molar-refractivity contribution in [1.82, 2.24) is 0 Å². The van der Waals surface area contributed by atoms with E-state index < -0.39 is 0 Å². The van der Waals surface area contributed by atoms with Crippen molar-refractivity contribution in [2.75, 3.05) is 26.6 Å². The van der Waals surface area contributed by atoms with Crippen molar-refractivity contribution in [3.05, 3.63) is 23.8 Å². The molecule has 1 aromatic rings. The summed E-state index contributed by atoms with van der Waals surface area (Å²) in [5.41, 5.74) is 1.13. The van der Waals surface area contributed by atoms with Crippen molar-refractivity contribution >= 4 is 0 Å². The molecule has 4 heteroatoms. The first-order valence-corrected chi connectivity index (χ1v) is 7.44. The van der Waals surface area contributed by atoms with Crippen LogP contribution in [0.1, 0.15) is 44.8 Å². The third kappa shape index (κ3) is 4.12. The van der Waals surface area contributed by atoms with Crippen LogP contribution in [0.25, 0.3) is 0 Å². The Hall–Kier alpha value is -1.26. The second-order valence-electron chi connectivity index (χ2n) is 4.85. The number of rotatable bonds is 9. The SMILES string of the molecule is CCCCOCCOC(CC)c1ccc2c(c1)OCO2. The van der Waals surface area contributed by atoms with Crippen LogP contribution < -0.4 is 9.47 Å². The van der Waals surface area contributed by atoms with E-state index in [9.17, 15) is 0 Å². The molecule has 20 heavy (non-hydrogen) atoms. The van der Waals surface area contributed by atoms with Crippen LogP contribution in [0, 0.1) is 0 Å². The Balaban J connectivity index is 1.79. The Labute approximate surface area is 121 Å². The number of hydrogen-bond donors (Lipinski definition) is 0. The van der Waals surface area contributed by atoms with E-state index in [1.165, 1.54) is 0 Å². The largest absolute Gasteiger partial charge is 0.454 e. The van der Waals surface area contributed by atoms with Crippen molar-refractivity contribution in [3.63, 3.8) is 0 Å². The van der Waals surface area contributed by atoms with E-state index in [-0.39, 0.29) is 6.10 Å². The zero-order chi connectivity index (χ0) is 14.2. The molecule has 2 rings (SSSR count). The fourth-order valence-electron chi connectivity index (χ4n) is 2.16. The van der Waals surface area contributed by atoms with Crippen LogP contribution in [-0.4, -0.2) is 26.6 Å². The molecule has 1 atom stereocenters. The van der Waals surface area contributed by atoms with E-state index >= 15 is 0 Å². The summed E-state index contributed by atoms with van der Waals surface area (Å²) >= 11 is 0. The third-order valence-electron chi connectivity index (χ3n) is 3.33. The number of hydrogen-bond acceptors (Lipinski definition) is 4. The normalized spacial score (nSPS) is 14.5. The van der Waals surface area contributed by atoms with Crippen LogP contribution in [0.2, 0.25) is 0 Å². The minimum absolute atomic E-state index is 0.0827. The lowest BCUT2D eigenvalue weighted by molar-refractivity contribution is 0.00163. The Morgan fingerprint density at radius 2 is 1.95 bits per heavy atom. The van der Waals surface area contributed by atoms with Gasteiger partial charge in [-0.2, -0.15) is 0 Å². The van der Waals surface area contributed by atoms with Crippen LogP contribution >= 0.6 is 0 Å². The van der Waals surface area contributed by atoms with Gasteiger partial charge in [0.25, 0.3) is 0 Å². The van der Waals surface area contributed by atoms with Gasteiger partial charge in [0, 0.05) is 6.61 Å². The summed E-state index contributed by atoms with van der Waals surface area (Å²) in [5.74, 6) is 1.62. The average Bonchev–Trinajstić information content (AvgIpc) is 2.94. The van der Waals surface area contributed by atoms with E-state index in [1.807, 2.05) is 18.2 Å². The summed E-state index contributed by atoms with van der Waals surface area (Å²) in [6.07, 6.45) is 3.28. The topological polar surface area (TPSA) is 36.9 Å². The fourth-order valence-corrected chi connectivity index (χ4v) is 2.16. The minimum atomic E-state index is 0.0827. The first-order chi connectivity index (χ1) is 9.85. The number of ether oxygens (including phenoxy) is 4. The van der Waals surface area contributed by atoms with Gasteiger partial charge in [0.1, 0.15) is 0 Å². The van der Waals surface area contributed by atoms with Crippen molar-refractivity contribution < 1.29 is 18.9 Å². The highest BCUT2D eigenvalue weighted by Gasteiger charge is 2.17. The molecule has 0 radical (unpaired) electrons. The van der Waals surface area contributed by atoms with Crippen LogP contribution in [0.15, 0.2) is 18.2 Å². The molecular weight excluding hydrogens is 256 g/mol. The average molecular weight is 280 g/mol. The summed E-state index contributed by atoms with van der Waals surface area (Å²) in [6.45, 7) is 6.68. The van der Waals surface area contributed by atoms with Gasteiger partial charge in [-0.05, 0) is 30.5 Å². The summed E-state index contributed by atoms with van der Waals surface area (Å²) in [6, 6.07) is 6.00. The quantitative estimate of drug-likeness (QED) is 0.646. The summed E-state index contributed by atoms with van der Waals surface area (Å²) in [7, 11) is 0. The smallest absolute Gasteiger partial charge is 0.231 e. The molecule has 0 aliphatic carbocycles. The van der Waals surface area contributed by atoms with Crippen molar-refractivity contribution in [1.29, 1.82) is 0 Å². The second kappa shape index (κ2) is 8.12. The maximum Gasteiger partial charge on any atom is 0.231 e. The molecule has 0 fully saturated rings. The third-order valence-corrected chi connectivity index (χ3v) is 3.33. The Bertz CT molecular complexity index is 405. The van der Waals surface area contributed by atoms with Gasteiger partial charge in [0.2, 0.25) is 6.79 Å². The Kier molecular flexibility index (Phi) is 6.15. The van der Waals surface area contributed by atoms with Crippen molar-refractivity contribution in [3.8, 4) is 11.5 Å². The Morgan fingerprint density at radius 3 is 2.75 bits per heavy atom. The molecule has 112 valence electrons. The first-order valence-electron chi connectivity index (χ1n) is 7.44. The molecule has 0 bridgehead atoms. The molecule has 1 aromatic carbocycles. The molecule has 0 amide bonds. The molecule has 0 saturated carbocycles. The van der Waals surface area contributed by atoms with Gasteiger partial charge >= 0.3 is 0 Å². The molecule has 4 nitrogen and oxygen atoms in total. The van der Waals surface area contributed by atoms with Gasteiger partial charge in [-0.25, -0.2) is 0 Å². The summed E-state index contributed by atoms with van der Waals surface area (Å²) in [5, 5.41) is 0. The van der Waals surface area contributed by atoms with E-state index in [1.54, 1.807) is 0 Å². The molecule has 1 heterocycles. The van der Waals surface area contributed by atoms with E-state index in [4.69, 9.17) is 18.9 Å². The minimum Gasteiger partial charge on any atom is -0.454 e. The molecular formula is C16H24O4. The van der Waals surface area contributed by atoms with Crippen LogP contribution in [0.4, 0.5) is 0 Å². The van der Waals surface area contributed by atoms with Crippen LogP contribution in [0.5, 0.6) is 11.5 Å². The lowest BCUT2D eigenvalue weighted by atomic mass is 10.1. The molecule has 1 unspecified atom stereocenters. The molecule has 0 spiro atoms. The van der Waals surface area contributed by atoms with Gasteiger partial charge in [-0.3, -0.25) is 0 Å². The highest BCUT2D eigenvalue weighted by molar-refractivity contribution is 5.45. The number of benzene rings is 1. The van der Waals surface area contributed by atoms with Crippen molar-refractivity contribution in [2.45, 2.75) is 39.2 Å². The maximum atomic E-state index is 5.90. The summed E-state index contributed by atoms with van der Waals surface area (Å²) < 4.78 is 22.1. The van der Waals surface area contributed by atoms with Gasteiger partial charge in [0.15, 0.2) is 11.5 Å². The molecule has 0 aromatic heterocycles. The van der Waals surface area contributed by atoms with Crippen LogP contribution in [-0.2, 0) is 9.47 Å². The zero-order valence-electron chi connectivity index (χ0n) is 12.4. The zero-order valence-corrected chi connectivity index (χ0v) is 12.4.